The number of imidazole rings is 1. The molecule has 0 bridgehead atoms. The summed E-state index contributed by atoms with van der Waals surface area (Å²) in [5.41, 5.74) is -1.38. The Balaban J connectivity index is 1.56. The van der Waals surface area contributed by atoms with Crippen LogP contribution in [0.4, 0.5) is 22.8 Å². The lowest BCUT2D eigenvalue weighted by atomic mass is 9.79. The molecule has 0 saturated carbocycles. The number of halogens is 3. The smallest absolute Gasteiger partial charge is 0.410 e. The molecule has 0 radical (unpaired) electrons. The van der Waals surface area contributed by atoms with Gasteiger partial charge in [0.1, 0.15) is 29.2 Å². The van der Waals surface area contributed by atoms with E-state index in [-0.39, 0.29) is 69.4 Å². The number of nitrogens with one attached hydrogen (secondary N) is 1. The van der Waals surface area contributed by atoms with Crippen molar-refractivity contribution in [3.63, 3.8) is 0 Å². The van der Waals surface area contributed by atoms with Gasteiger partial charge in [-0.3, -0.25) is 24.1 Å². The highest BCUT2D eigenvalue weighted by atomic mass is 19.1. The minimum Gasteiger partial charge on any atom is -0.453 e. The molecule has 5 rings (SSSR count). The van der Waals surface area contributed by atoms with E-state index in [1.165, 1.54) is 22.9 Å². The van der Waals surface area contributed by atoms with Gasteiger partial charge in [-0.05, 0) is 63.3 Å². The van der Waals surface area contributed by atoms with Crippen molar-refractivity contribution in [1.82, 2.24) is 29.6 Å². The fraction of sp³-hybridized carbons (Fsp3) is 0.477. The third-order valence-corrected chi connectivity index (χ3v) is 10.4. The SMILES string of the molecule is CC(=O)O[C@@H](C)C(=O)N(CC1CN(C(=O)OC(C)(C)C)CC1F)[C@@H](c1nc(-c2cc(F)ccc2F)cn1Cc1ccccc1)C(C)(C)CCOC(=O)NCCN1C(=O)C=CC1=O. The molecule has 0 spiro atoms. The number of esters is 1. The number of alkyl carbamates (subject to hydrolysis) is 1. The van der Waals surface area contributed by atoms with Gasteiger partial charge in [0, 0.05) is 69.5 Å². The van der Waals surface area contributed by atoms with E-state index in [1.807, 2.05) is 30.3 Å². The van der Waals surface area contributed by atoms with Crippen LogP contribution < -0.4 is 5.32 Å². The molecule has 334 valence electrons. The maximum absolute atomic E-state index is 16.2. The van der Waals surface area contributed by atoms with E-state index in [0.29, 0.717) is 0 Å². The number of aromatic nitrogens is 2. The third-order valence-electron chi connectivity index (χ3n) is 10.4. The van der Waals surface area contributed by atoms with Gasteiger partial charge in [-0.2, -0.15) is 0 Å². The predicted molar refractivity (Wildman–Crippen MR) is 219 cm³/mol. The number of hydrogen-bond donors (Lipinski definition) is 1. The second kappa shape index (κ2) is 19.7. The van der Waals surface area contributed by atoms with E-state index in [2.05, 4.69) is 5.32 Å². The first-order valence-corrected chi connectivity index (χ1v) is 20.2. The molecule has 2 aromatic carbocycles. The van der Waals surface area contributed by atoms with E-state index in [4.69, 9.17) is 19.2 Å². The van der Waals surface area contributed by atoms with Crippen molar-refractivity contribution in [2.45, 2.75) is 85.4 Å². The number of likely N-dealkylation sites (tertiary alicyclic amines) is 1. The monoisotopic (exact) mass is 866 g/mol. The van der Waals surface area contributed by atoms with E-state index < -0.39 is 82.8 Å². The summed E-state index contributed by atoms with van der Waals surface area (Å²) in [7, 11) is 0. The van der Waals surface area contributed by atoms with Crippen LogP contribution in [0.1, 0.15) is 72.3 Å². The van der Waals surface area contributed by atoms with Crippen molar-refractivity contribution in [3.8, 4) is 11.3 Å². The predicted octanol–water partition coefficient (Wildman–Crippen LogP) is 5.97. The molecule has 15 nitrogen and oxygen atoms in total. The second-order valence-electron chi connectivity index (χ2n) is 17.0. The van der Waals surface area contributed by atoms with Crippen LogP contribution in [0.3, 0.4) is 0 Å². The van der Waals surface area contributed by atoms with Gasteiger partial charge in [0.05, 0.1) is 24.9 Å². The lowest BCUT2D eigenvalue weighted by Crippen LogP contribution is -2.50. The standard InChI is InChI=1S/C44H53F3N6O9/c1-27(61-28(2)54)40(57)53(24-30-23-51(25-34(30)47)42(59)62-43(3,4)5)38(44(6,7)17-20-60-41(58)48-18-19-52-36(55)15-16-37(52)56)39-49-35(32-21-31(45)13-14-33(32)46)26-50(39)22-29-11-9-8-10-12-29/h8-16,21,26-27,30,34,38H,17-20,22-25H2,1-7H3,(H,48,58)/t27-,30?,34?,38-/m0/s1. The number of imide groups is 1. The van der Waals surface area contributed by atoms with Crippen LogP contribution in [0.5, 0.6) is 0 Å². The number of alkyl halides is 1. The average molecular weight is 867 g/mol. The number of amides is 5. The summed E-state index contributed by atoms with van der Waals surface area (Å²) in [6, 6.07) is 10.9. The molecule has 4 atom stereocenters. The summed E-state index contributed by atoms with van der Waals surface area (Å²) in [4.78, 5) is 85.1. The van der Waals surface area contributed by atoms with Crippen LogP contribution in [-0.2, 0) is 39.9 Å². The van der Waals surface area contributed by atoms with E-state index in [9.17, 15) is 33.2 Å². The molecule has 3 aromatic rings. The van der Waals surface area contributed by atoms with Crippen molar-refractivity contribution < 1.29 is 56.1 Å². The van der Waals surface area contributed by atoms with Crippen LogP contribution >= 0.6 is 0 Å². The number of rotatable bonds is 16. The number of carbonyl (C=O) groups excluding carboxylic acids is 6. The number of ether oxygens (including phenoxy) is 3. The average Bonchev–Trinajstić information content (AvgIpc) is 3.87. The first-order chi connectivity index (χ1) is 29.1. The van der Waals surface area contributed by atoms with Crippen LogP contribution in [0.25, 0.3) is 11.3 Å². The Bertz CT molecular complexity index is 2160. The zero-order valence-corrected chi connectivity index (χ0v) is 35.9. The van der Waals surface area contributed by atoms with Crippen LogP contribution in [0.2, 0.25) is 0 Å². The number of hydrogen-bond acceptors (Lipinski definition) is 10. The van der Waals surface area contributed by atoms with Gasteiger partial charge in [0.2, 0.25) is 0 Å². The van der Waals surface area contributed by atoms with Gasteiger partial charge in [-0.1, -0.05) is 44.2 Å². The minimum atomic E-state index is -1.62. The highest BCUT2D eigenvalue weighted by Gasteiger charge is 2.46. The summed E-state index contributed by atoms with van der Waals surface area (Å²) in [5, 5.41) is 2.51. The van der Waals surface area contributed by atoms with Gasteiger partial charge < -0.3 is 33.9 Å². The number of benzene rings is 2. The first-order valence-electron chi connectivity index (χ1n) is 20.2. The molecule has 1 saturated heterocycles. The van der Waals surface area contributed by atoms with Gasteiger partial charge in [-0.25, -0.2) is 27.7 Å². The van der Waals surface area contributed by atoms with E-state index in [1.54, 1.807) is 39.2 Å². The maximum Gasteiger partial charge on any atom is 0.410 e. The molecular weight excluding hydrogens is 814 g/mol. The Morgan fingerprint density at radius 3 is 2.31 bits per heavy atom. The second-order valence-corrected chi connectivity index (χ2v) is 17.0. The first kappa shape index (κ1) is 46.9. The fourth-order valence-corrected chi connectivity index (χ4v) is 7.39. The van der Waals surface area contributed by atoms with Crippen LogP contribution in [0, 0.1) is 23.0 Å². The minimum absolute atomic E-state index is 0.0234. The molecule has 3 heterocycles. The molecule has 62 heavy (non-hydrogen) atoms. The molecule has 2 unspecified atom stereocenters. The zero-order chi connectivity index (χ0) is 45.5. The van der Waals surface area contributed by atoms with E-state index in [0.717, 1.165) is 47.7 Å². The summed E-state index contributed by atoms with van der Waals surface area (Å²) < 4.78 is 64.3. The molecule has 18 heteroatoms. The summed E-state index contributed by atoms with van der Waals surface area (Å²) >= 11 is 0. The van der Waals surface area contributed by atoms with Crippen LogP contribution in [-0.4, -0.2) is 117 Å². The Kier molecular flexibility index (Phi) is 14.9. The maximum atomic E-state index is 16.2. The van der Waals surface area contributed by atoms with Gasteiger partial charge in [0.25, 0.3) is 17.7 Å². The van der Waals surface area contributed by atoms with Gasteiger partial charge >= 0.3 is 18.2 Å². The van der Waals surface area contributed by atoms with Crippen molar-refractivity contribution in [3.05, 3.63) is 89.9 Å². The highest BCUT2D eigenvalue weighted by molar-refractivity contribution is 6.12. The lowest BCUT2D eigenvalue weighted by Gasteiger charge is -2.43. The van der Waals surface area contributed by atoms with Crippen molar-refractivity contribution >= 4 is 35.9 Å². The van der Waals surface area contributed by atoms with E-state index >= 15 is 8.78 Å². The Morgan fingerprint density at radius 1 is 0.984 bits per heavy atom. The summed E-state index contributed by atoms with van der Waals surface area (Å²) in [5.74, 6) is -4.82. The Labute approximate surface area is 358 Å². The third kappa shape index (κ3) is 12.0. The van der Waals surface area contributed by atoms with Crippen LogP contribution in [0.15, 0.2) is 66.9 Å². The van der Waals surface area contributed by atoms with Crippen molar-refractivity contribution in [2.75, 3.05) is 39.3 Å². The van der Waals surface area contributed by atoms with Crippen molar-refractivity contribution in [1.29, 1.82) is 0 Å². The lowest BCUT2D eigenvalue weighted by molar-refractivity contribution is -0.161. The van der Waals surface area contributed by atoms with Gasteiger partial charge in [0.15, 0.2) is 6.10 Å². The topological polar surface area (TPSA) is 170 Å². The Hall–Kier alpha value is -6.20. The molecule has 1 N–H and O–H groups in total. The number of nitrogens with zero attached hydrogens (tertiary/aromatic N) is 5. The molecule has 2 aliphatic heterocycles. The zero-order valence-electron chi connectivity index (χ0n) is 35.9. The summed E-state index contributed by atoms with van der Waals surface area (Å²) in [6.07, 6.45) is -0.813. The quantitative estimate of drug-likeness (QED) is 0.103. The highest BCUT2D eigenvalue weighted by Crippen LogP contribution is 2.43. The molecule has 1 fully saturated rings. The molecule has 2 aliphatic rings. The van der Waals surface area contributed by atoms with Crippen molar-refractivity contribution in [2.24, 2.45) is 11.3 Å². The summed E-state index contributed by atoms with van der Waals surface area (Å²) in [6.45, 7) is 9.97. The Morgan fingerprint density at radius 2 is 1.66 bits per heavy atom. The fourth-order valence-electron chi connectivity index (χ4n) is 7.39. The molecular formula is C44H53F3N6O9. The molecule has 0 aliphatic carbocycles. The van der Waals surface area contributed by atoms with Gasteiger partial charge in [-0.15, -0.1) is 0 Å². The largest absolute Gasteiger partial charge is 0.453 e. The molecule has 1 aromatic heterocycles. The number of carbonyl (C=O) groups is 6. The molecule has 5 amide bonds. The normalized spacial score (nSPS) is 17.5.